The smallest absolute Gasteiger partial charge is 0.235 e. The molecule has 0 atom stereocenters. The van der Waals surface area contributed by atoms with Crippen molar-refractivity contribution >= 4 is 116 Å². The van der Waals surface area contributed by atoms with E-state index in [1.54, 1.807) is 0 Å². The van der Waals surface area contributed by atoms with Crippen LogP contribution in [0.3, 0.4) is 0 Å². The molecule has 5 aromatic heterocycles. The first-order valence-corrected chi connectivity index (χ1v) is 31.6. The molecule has 2 aliphatic rings. The van der Waals surface area contributed by atoms with Gasteiger partial charge in [-0.25, -0.2) is 0 Å². The minimum atomic E-state index is 0.689. The van der Waals surface area contributed by atoms with Gasteiger partial charge in [0.2, 0.25) is 11.4 Å². The molecule has 0 fully saturated rings. The normalized spacial score (nSPS) is 12.8. The van der Waals surface area contributed by atoms with Crippen LogP contribution in [-0.2, 0) is 0 Å². The van der Waals surface area contributed by atoms with E-state index in [1.165, 1.54) is 65.2 Å². The zero-order valence-electron chi connectivity index (χ0n) is 49.9. The number of rotatable bonds is 6. The Morgan fingerprint density at radius 1 is 0.261 bits per heavy atom. The standard InChI is InChI=1S/C85H54N7/c1-3-20-54(21-4-1)87-46-47-88(55-22-5-2-6-23-55)84-53-74-71(52-83(84)87)61-42-38-57(92-80-36-18-12-29-67(80)73-51-59(40-44-82(73)92)90-77-33-15-9-26-64(77)65-27-10-16-34-78(65)90)49-70(61)69-48-56(37-41-60(69)68-30-19-45-86-85(68)74)91-79-35-17-11-28-66(79)72-50-58(39-43-81(72)91)89-75-31-13-7-24-62(75)63-25-8-14-32-76(63)89/h1-46,48-53H,47H2/q+1. The van der Waals surface area contributed by atoms with Gasteiger partial charge in [-0.1, -0.05) is 164 Å². The first-order chi connectivity index (χ1) is 45.7. The Morgan fingerprint density at radius 3 is 1.12 bits per heavy atom. The molecular weight excluding hydrogens is 1120 g/mol. The number of benzene rings is 13. The number of hydrogen-bond acceptors (Lipinski definition) is 2. The summed E-state index contributed by atoms with van der Waals surface area (Å²) >= 11 is 0. The van der Waals surface area contributed by atoms with Crippen molar-refractivity contribution < 1.29 is 0 Å². The highest BCUT2D eigenvalue weighted by atomic mass is 15.2. The van der Waals surface area contributed by atoms with Crippen molar-refractivity contribution in [2.45, 2.75) is 0 Å². The van der Waals surface area contributed by atoms with Crippen molar-refractivity contribution in [1.29, 1.82) is 0 Å². The van der Waals surface area contributed by atoms with E-state index >= 15 is 0 Å². The van der Waals surface area contributed by atoms with Gasteiger partial charge in [0.25, 0.3) is 0 Å². The Morgan fingerprint density at radius 2 is 0.641 bits per heavy atom. The van der Waals surface area contributed by atoms with Crippen molar-refractivity contribution in [1.82, 2.24) is 27.8 Å². The Kier molecular flexibility index (Phi) is 10.8. The Labute approximate surface area is 529 Å². The molecule has 7 heteroatoms. The molecule has 0 bridgehead atoms. The third-order valence-corrected chi connectivity index (χ3v) is 19.7. The number of pyridine rings is 1. The topological polar surface area (TPSA) is 38.9 Å². The predicted octanol–water partition coefficient (Wildman–Crippen LogP) is 21.5. The Bertz CT molecular complexity index is 6070. The lowest BCUT2D eigenvalue weighted by Crippen LogP contribution is -2.29. The molecule has 18 aromatic rings. The summed E-state index contributed by atoms with van der Waals surface area (Å²) in [5.74, 6) is 0. The second-order valence-corrected chi connectivity index (χ2v) is 24.4. The average Bonchev–Trinajstić information content (AvgIpc) is 1.30. The SMILES string of the molecule is C1=[N+](c2ccccc2)c2cc3c(cc2N(c2ccccc2)C1)-c1ncccc1-c1ccc(-n2c4ccccc4c4cc(-n5c6ccccc6c6ccccc65)ccc42)cc1-c1cc(-n2c4ccccc4c4cc(-n5c6ccccc6c6ccccc65)ccc42)ccc1-3. The first kappa shape index (κ1) is 50.7. The van der Waals surface area contributed by atoms with Gasteiger partial charge in [-0.3, -0.25) is 4.98 Å². The van der Waals surface area contributed by atoms with Crippen LogP contribution in [0.15, 0.2) is 310 Å². The van der Waals surface area contributed by atoms with Crippen molar-refractivity contribution in [3.05, 3.63) is 310 Å². The number of aromatic nitrogens is 5. The molecule has 428 valence electrons. The van der Waals surface area contributed by atoms with E-state index < -0.39 is 0 Å². The van der Waals surface area contributed by atoms with E-state index in [0.29, 0.717) is 6.54 Å². The van der Waals surface area contributed by atoms with Crippen LogP contribution >= 0.6 is 0 Å². The molecule has 0 N–H and O–H groups in total. The van der Waals surface area contributed by atoms with E-state index in [1.807, 2.05) is 6.20 Å². The van der Waals surface area contributed by atoms with Crippen LogP contribution in [0.2, 0.25) is 0 Å². The van der Waals surface area contributed by atoms with Gasteiger partial charge in [0.05, 0.1) is 49.8 Å². The van der Waals surface area contributed by atoms with Crippen LogP contribution in [0.25, 0.3) is 155 Å². The molecule has 6 heterocycles. The lowest BCUT2D eigenvalue weighted by molar-refractivity contribution is 1.000. The number of para-hydroxylation sites is 8. The van der Waals surface area contributed by atoms with Gasteiger partial charge in [0.1, 0.15) is 12.2 Å². The van der Waals surface area contributed by atoms with E-state index in [4.69, 9.17) is 4.98 Å². The average molecular weight is 1170 g/mol. The predicted molar refractivity (Wildman–Crippen MR) is 384 cm³/mol. The summed E-state index contributed by atoms with van der Waals surface area (Å²) < 4.78 is 12.2. The second-order valence-electron chi connectivity index (χ2n) is 24.4. The summed E-state index contributed by atoms with van der Waals surface area (Å²) in [7, 11) is 0. The number of nitrogens with zero attached hydrogens (tertiary/aromatic N) is 7. The van der Waals surface area contributed by atoms with Crippen molar-refractivity contribution in [2.24, 2.45) is 0 Å². The number of anilines is 2. The maximum Gasteiger partial charge on any atom is 0.235 e. The van der Waals surface area contributed by atoms with Crippen molar-refractivity contribution in [3.63, 3.8) is 0 Å². The van der Waals surface area contributed by atoms with Crippen LogP contribution in [-0.4, -0.2) is 36.0 Å². The summed E-state index contributed by atoms with van der Waals surface area (Å²) in [4.78, 5) is 7.85. The second kappa shape index (κ2) is 19.6. The summed E-state index contributed by atoms with van der Waals surface area (Å²) in [5, 5.41) is 9.78. The van der Waals surface area contributed by atoms with Crippen LogP contribution in [0, 0.1) is 0 Å². The molecule has 0 saturated heterocycles. The fourth-order valence-corrected chi connectivity index (χ4v) is 15.7. The van der Waals surface area contributed by atoms with Gasteiger partial charge in [0.15, 0.2) is 6.21 Å². The van der Waals surface area contributed by atoms with Gasteiger partial charge in [-0.15, -0.1) is 0 Å². The van der Waals surface area contributed by atoms with Crippen LogP contribution < -0.4 is 9.48 Å². The maximum atomic E-state index is 5.41. The van der Waals surface area contributed by atoms with Crippen LogP contribution in [0.1, 0.15) is 0 Å². The molecular formula is C85H54N7+. The first-order valence-electron chi connectivity index (χ1n) is 31.6. The summed E-state index contributed by atoms with van der Waals surface area (Å²) in [6.45, 7) is 0.689. The van der Waals surface area contributed by atoms with E-state index in [0.717, 1.165) is 112 Å². The highest BCUT2D eigenvalue weighted by Gasteiger charge is 2.34. The van der Waals surface area contributed by atoms with Crippen molar-refractivity contribution in [2.75, 3.05) is 11.4 Å². The molecule has 92 heavy (non-hydrogen) atoms. The van der Waals surface area contributed by atoms with E-state index in [2.05, 4.69) is 337 Å². The molecule has 1 aliphatic carbocycles. The summed E-state index contributed by atoms with van der Waals surface area (Å²) in [6, 6.07) is 112. The lowest BCUT2D eigenvalue weighted by Gasteiger charge is -2.30. The van der Waals surface area contributed by atoms with E-state index in [9.17, 15) is 0 Å². The van der Waals surface area contributed by atoms with E-state index in [-0.39, 0.29) is 0 Å². The largest absolute Gasteiger partial charge is 0.326 e. The minimum absolute atomic E-state index is 0.689. The molecule has 0 saturated carbocycles. The van der Waals surface area contributed by atoms with Crippen molar-refractivity contribution in [3.8, 4) is 67.4 Å². The summed E-state index contributed by atoms with van der Waals surface area (Å²) in [6.07, 6.45) is 4.28. The Hall–Kier alpha value is -12.3. The fraction of sp³-hybridized carbons (Fsp3) is 0.0118. The third-order valence-electron chi connectivity index (χ3n) is 19.7. The monoisotopic (exact) mass is 1170 g/mol. The third kappa shape index (κ3) is 7.33. The number of hydrogen-bond donors (Lipinski definition) is 0. The maximum absolute atomic E-state index is 5.41. The molecule has 20 rings (SSSR count). The zero-order chi connectivity index (χ0) is 60.1. The van der Waals surface area contributed by atoms with Gasteiger partial charge in [-0.2, -0.15) is 4.58 Å². The molecule has 7 nitrogen and oxygen atoms in total. The molecule has 0 amide bonds. The highest BCUT2D eigenvalue weighted by Crippen LogP contribution is 2.53. The van der Waals surface area contributed by atoms with Crippen LogP contribution in [0.4, 0.5) is 22.7 Å². The zero-order valence-corrected chi connectivity index (χ0v) is 49.9. The van der Waals surface area contributed by atoms with Gasteiger partial charge in [0, 0.05) is 107 Å². The van der Waals surface area contributed by atoms with Gasteiger partial charge >= 0.3 is 0 Å². The Balaban J connectivity index is 0.847. The fourth-order valence-electron chi connectivity index (χ4n) is 15.7. The number of fused-ring (bicyclic) bond motifs is 21. The molecule has 0 spiro atoms. The molecule has 1 aliphatic heterocycles. The lowest BCUT2D eigenvalue weighted by atomic mass is 9.81. The molecule has 0 radical (unpaired) electrons. The van der Waals surface area contributed by atoms with Crippen LogP contribution in [0.5, 0.6) is 0 Å². The minimum Gasteiger partial charge on any atom is -0.326 e. The van der Waals surface area contributed by atoms with Gasteiger partial charge in [-0.05, 0) is 149 Å². The van der Waals surface area contributed by atoms with Gasteiger partial charge < -0.3 is 23.2 Å². The molecule has 0 unspecified atom stereocenters. The summed E-state index contributed by atoms with van der Waals surface area (Å²) in [5.41, 5.74) is 26.9. The quantitative estimate of drug-likeness (QED) is 0.156. The molecule has 13 aromatic carbocycles. The highest BCUT2D eigenvalue weighted by molar-refractivity contribution is 6.15.